The molecule has 3 aromatic rings. The number of pyridine rings is 1. The zero-order valence-corrected chi connectivity index (χ0v) is 16.7. The molecule has 0 aliphatic heterocycles. The molecule has 1 aromatic carbocycles. The molecule has 3 rings (SSSR count). The van der Waals surface area contributed by atoms with Crippen molar-refractivity contribution in [2.24, 2.45) is 0 Å². The van der Waals surface area contributed by atoms with Crippen LogP contribution in [0.4, 0.5) is 0 Å². The van der Waals surface area contributed by atoms with Crippen molar-refractivity contribution >= 4 is 22.5 Å². The molecule has 0 radical (unpaired) electrons. The number of aromatic nitrogens is 3. The molecule has 0 fully saturated rings. The standard InChI is InChI=1S/C20H25ClN4O2/c1-4-23(5-2)11-8-12-24-14(3)19-16(13-18(24)26)22-25(20(19)27)17-10-7-6-9-15(17)21/h6-7,9-10,13,22H,4-5,8,11-12H2,1-3H3. The van der Waals surface area contributed by atoms with E-state index >= 15 is 0 Å². The highest BCUT2D eigenvalue weighted by molar-refractivity contribution is 6.32. The molecular formula is C20H25ClN4O2. The van der Waals surface area contributed by atoms with Crippen molar-refractivity contribution < 1.29 is 0 Å². The van der Waals surface area contributed by atoms with E-state index in [1.807, 2.05) is 19.1 Å². The Labute approximate surface area is 163 Å². The third kappa shape index (κ3) is 3.73. The summed E-state index contributed by atoms with van der Waals surface area (Å²) < 4.78 is 3.09. The second-order valence-electron chi connectivity index (χ2n) is 6.59. The Balaban J connectivity index is 2.02. The number of benzene rings is 1. The van der Waals surface area contributed by atoms with Crippen LogP contribution in [-0.4, -0.2) is 38.9 Å². The maximum atomic E-state index is 13.0. The summed E-state index contributed by atoms with van der Waals surface area (Å²) in [5.41, 5.74) is 1.48. The summed E-state index contributed by atoms with van der Waals surface area (Å²) >= 11 is 6.23. The van der Waals surface area contributed by atoms with Crippen molar-refractivity contribution in [2.75, 3.05) is 19.6 Å². The van der Waals surface area contributed by atoms with Gasteiger partial charge in [0.15, 0.2) is 0 Å². The third-order valence-corrected chi connectivity index (χ3v) is 5.38. The van der Waals surface area contributed by atoms with Gasteiger partial charge in [0, 0.05) is 18.3 Å². The van der Waals surface area contributed by atoms with Crippen LogP contribution < -0.4 is 11.1 Å². The van der Waals surface area contributed by atoms with E-state index in [2.05, 4.69) is 23.8 Å². The van der Waals surface area contributed by atoms with E-state index in [1.54, 1.807) is 16.7 Å². The van der Waals surface area contributed by atoms with Gasteiger partial charge in [0.2, 0.25) is 0 Å². The minimum Gasteiger partial charge on any atom is -0.312 e. The van der Waals surface area contributed by atoms with Gasteiger partial charge in [-0.15, -0.1) is 0 Å². The fourth-order valence-electron chi connectivity index (χ4n) is 3.48. The number of aryl methyl sites for hydroxylation is 1. The van der Waals surface area contributed by atoms with Gasteiger partial charge in [-0.3, -0.25) is 14.7 Å². The van der Waals surface area contributed by atoms with Gasteiger partial charge in [0.1, 0.15) is 0 Å². The first kappa shape index (κ1) is 19.5. The lowest BCUT2D eigenvalue weighted by atomic mass is 10.2. The largest absolute Gasteiger partial charge is 0.312 e. The maximum Gasteiger partial charge on any atom is 0.280 e. The highest BCUT2D eigenvalue weighted by atomic mass is 35.5. The maximum absolute atomic E-state index is 13.0. The third-order valence-electron chi connectivity index (χ3n) is 5.06. The number of halogens is 1. The Kier molecular flexibility index (Phi) is 5.87. The van der Waals surface area contributed by atoms with Gasteiger partial charge in [-0.2, -0.15) is 0 Å². The molecule has 0 aliphatic carbocycles. The fraction of sp³-hybridized carbons (Fsp3) is 0.400. The number of fused-ring (bicyclic) bond motifs is 1. The van der Waals surface area contributed by atoms with Crippen LogP contribution in [0, 0.1) is 6.92 Å². The molecule has 144 valence electrons. The Morgan fingerprint density at radius 2 is 1.85 bits per heavy atom. The van der Waals surface area contributed by atoms with E-state index in [0.717, 1.165) is 26.1 Å². The Morgan fingerprint density at radius 3 is 2.52 bits per heavy atom. The van der Waals surface area contributed by atoms with Crippen LogP contribution in [0.1, 0.15) is 26.0 Å². The van der Waals surface area contributed by atoms with Crippen LogP contribution in [0.15, 0.2) is 39.9 Å². The first-order valence-corrected chi connectivity index (χ1v) is 9.68. The average Bonchev–Trinajstić information content (AvgIpc) is 2.97. The lowest BCUT2D eigenvalue weighted by Gasteiger charge is -2.18. The Morgan fingerprint density at radius 1 is 1.15 bits per heavy atom. The summed E-state index contributed by atoms with van der Waals surface area (Å²) in [6, 6.07) is 8.62. The van der Waals surface area contributed by atoms with Crippen molar-refractivity contribution in [3.8, 4) is 5.69 Å². The molecule has 0 aliphatic rings. The topological polar surface area (TPSA) is 63.0 Å². The number of nitrogens with zero attached hydrogens (tertiary/aromatic N) is 3. The van der Waals surface area contributed by atoms with Crippen LogP contribution >= 0.6 is 11.6 Å². The van der Waals surface area contributed by atoms with E-state index in [1.165, 1.54) is 10.7 Å². The van der Waals surface area contributed by atoms with Gasteiger partial charge in [-0.05, 0) is 45.1 Å². The lowest BCUT2D eigenvalue weighted by Crippen LogP contribution is -2.28. The summed E-state index contributed by atoms with van der Waals surface area (Å²) in [7, 11) is 0. The molecule has 0 saturated carbocycles. The van der Waals surface area contributed by atoms with Gasteiger partial charge in [-0.25, -0.2) is 4.68 Å². The number of nitrogens with one attached hydrogen (secondary N) is 1. The summed E-state index contributed by atoms with van der Waals surface area (Å²) in [5.74, 6) is 0. The molecule has 2 heterocycles. The number of rotatable bonds is 7. The molecule has 2 aromatic heterocycles. The van der Waals surface area contributed by atoms with Gasteiger partial charge >= 0.3 is 0 Å². The first-order chi connectivity index (χ1) is 13.0. The van der Waals surface area contributed by atoms with E-state index in [0.29, 0.717) is 33.9 Å². The summed E-state index contributed by atoms with van der Waals surface area (Å²) in [6.07, 6.45) is 0.858. The van der Waals surface area contributed by atoms with Crippen LogP contribution in [0.25, 0.3) is 16.6 Å². The zero-order valence-electron chi connectivity index (χ0n) is 16.0. The number of para-hydroxylation sites is 1. The second-order valence-corrected chi connectivity index (χ2v) is 7.00. The first-order valence-electron chi connectivity index (χ1n) is 9.30. The highest BCUT2D eigenvalue weighted by Crippen LogP contribution is 2.20. The van der Waals surface area contributed by atoms with Crippen LogP contribution in [0.3, 0.4) is 0 Å². The number of hydrogen-bond acceptors (Lipinski definition) is 3. The Hall–Kier alpha value is -2.31. The molecule has 6 nitrogen and oxygen atoms in total. The minimum absolute atomic E-state index is 0.105. The molecule has 0 saturated heterocycles. The summed E-state index contributed by atoms with van der Waals surface area (Å²) in [5, 5.41) is 4.02. The monoisotopic (exact) mass is 388 g/mol. The van der Waals surface area contributed by atoms with E-state index in [9.17, 15) is 9.59 Å². The Bertz CT molecular complexity index is 1060. The van der Waals surface area contributed by atoms with Gasteiger partial charge in [0.05, 0.1) is 21.6 Å². The second kappa shape index (κ2) is 8.15. The molecule has 0 bridgehead atoms. The van der Waals surface area contributed by atoms with Crippen molar-refractivity contribution in [3.05, 3.63) is 61.8 Å². The lowest BCUT2D eigenvalue weighted by molar-refractivity contribution is 0.292. The number of aromatic amines is 1. The predicted octanol–water partition coefficient (Wildman–Crippen LogP) is 3.17. The molecule has 27 heavy (non-hydrogen) atoms. The van der Waals surface area contributed by atoms with Crippen molar-refractivity contribution in [1.82, 2.24) is 19.2 Å². The average molecular weight is 389 g/mol. The molecule has 1 N–H and O–H groups in total. The summed E-state index contributed by atoms with van der Waals surface area (Å²) in [6.45, 7) is 9.58. The smallest absolute Gasteiger partial charge is 0.280 e. The van der Waals surface area contributed by atoms with Crippen molar-refractivity contribution in [2.45, 2.75) is 33.7 Å². The highest BCUT2D eigenvalue weighted by Gasteiger charge is 2.16. The quantitative estimate of drug-likeness (QED) is 0.676. The van der Waals surface area contributed by atoms with E-state index in [-0.39, 0.29) is 11.1 Å². The molecule has 7 heteroatoms. The van der Waals surface area contributed by atoms with Gasteiger partial charge < -0.3 is 9.47 Å². The van der Waals surface area contributed by atoms with Crippen LogP contribution in [0.5, 0.6) is 0 Å². The molecular weight excluding hydrogens is 364 g/mol. The predicted molar refractivity (Wildman–Crippen MR) is 110 cm³/mol. The van der Waals surface area contributed by atoms with E-state index < -0.39 is 0 Å². The minimum atomic E-state index is -0.201. The van der Waals surface area contributed by atoms with Gasteiger partial charge in [-0.1, -0.05) is 37.6 Å². The fourth-order valence-corrected chi connectivity index (χ4v) is 3.70. The number of hydrogen-bond donors (Lipinski definition) is 1. The van der Waals surface area contributed by atoms with E-state index in [4.69, 9.17) is 11.6 Å². The zero-order chi connectivity index (χ0) is 19.6. The molecule has 0 amide bonds. The molecule has 0 atom stereocenters. The molecule has 0 unspecified atom stereocenters. The summed E-state index contributed by atoms with van der Waals surface area (Å²) in [4.78, 5) is 27.9. The SMILES string of the molecule is CCN(CC)CCCn1c(C)c2c(=O)n(-c3ccccc3Cl)[nH]c2cc1=O. The van der Waals surface area contributed by atoms with Crippen molar-refractivity contribution in [1.29, 1.82) is 0 Å². The van der Waals surface area contributed by atoms with Gasteiger partial charge in [0.25, 0.3) is 11.1 Å². The van der Waals surface area contributed by atoms with Crippen molar-refractivity contribution in [3.63, 3.8) is 0 Å². The van der Waals surface area contributed by atoms with Crippen LogP contribution in [0.2, 0.25) is 5.02 Å². The number of H-pyrrole nitrogens is 1. The molecule has 0 spiro atoms. The van der Waals surface area contributed by atoms with Crippen LogP contribution in [-0.2, 0) is 6.54 Å². The normalized spacial score (nSPS) is 11.6.